The number of rotatable bonds is 2. The van der Waals surface area contributed by atoms with Gasteiger partial charge >= 0.3 is 18.2 Å². The summed E-state index contributed by atoms with van der Waals surface area (Å²) < 4.78 is 107. The number of allylic oxidation sites excluding steroid dienone is 1. The van der Waals surface area contributed by atoms with Crippen LogP contribution >= 0.6 is 0 Å². The summed E-state index contributed by atoms with van der Waals surface area (Å²) in [5.41, 5.74) is -5.41. The Balaban J connectivity index is 5.49. The van der Waals surface area contributed by atoms with Crippen molar-refractivity contribution in [2.75, 3.05) is 0 Å². The summed E-state index contributed by atoms with van der Waals surface area (Å²) in [6.07, 6.45) is -9.88. The fourth-order valence-electron chi connectivity index (χ4n) is 0.503. The van der Waals surface area contributed by atoms with Gasteiger partial charge in [-0.25, -0.2) is 4.39 Å². The van der Waals surface area contributed by atoms with Crippen LogP contribution in [-0.2, 0) is 0 Å². The molecule has 0 bridgehead atoms. The summed E-state index contributed by atoms with van der Waals surface area (Å²) in [5.74, 6) is -9.70. The van der Waals surface area contributed by atoms with Crippen molar-refractivity contribution in [1.29, 1.82) is 0 Å². The van der Waals surface area contributed by atoms with Crippen LogP contribution in [0.25, 0.3) is 0 Å². The maximum absolute atomic E-state index is 12.5. The third-order valence-corrected chi connectivity index (χ3v) is 1.56. The van der Waals surface area contributed by atoms with Crippen LogP contribution in [0.5, 0.6) is 0 Å². The molecule has 0 aromatic carbocycles. The molecule has 9 heteroatoms. The van der Waals surface area contributed by atoms with Crippen LogP contribution in [0.3, 0.4) is 0 Å². The third-order valence-electron chi connectivity index (χ3n) is 1.56. The molecule has 0 nitrogen and oxygen atoms in total. The van der Waals surface area contributed by atoms with E-state index in [1.807, 2.05) is 0 Å². The van der Waals surface area contributed by atoms with Crippen molar-refractivity contribution >= 4 is 0 Å². The molecule has 0 spiro atoms. The van der Waals surface area contributed by atoms with Crippen LogP contribution in [0, 0.1) is 0 Å². The smallest absolute Gasteiger partial charge is 0.227 e. The molecule has 90 valence electrons. The summed E-state index contributed by atoms with van der Waals surface area (Å²) in [4.78, 5) is 0. The Morgan fingerprint density at radius 2 is 1.13 bits per heavy atom. The Kier molecular flexibility index (Phi) is 3.39. The highest BCUT2D eigenvalue weighted by molar-refractivity contribution is 5.15. The Labute approximate surface area is 77.4 Å². The van der Waals surface area contributed by atoms with Crippen molar-refractivity contribution in [3.05, 3.63) is 11.9 Å². The number of alkyl halides is 6. The minimum Gasteiger partial charge on any atom is -0.227 e. The quantitative estimate of drug-likeness (QED) is 0.646. The zero-order valence-corrected chi connectivity index (χ0v) is 6.90. The molecule has 15 heavy (non-hydrogen) atoms. The van der Waals surface area contributed by atoms with Gasteiger partial charge in [-0.1, -0.05) is 0 Å². The Morgan fingerprint density at radius 3 is 1.33 bits per heavy atom. The molecule has 0 heterocycles. The van der Waals surface area contributed by atoms with Gasteiger partial charge in [0.05, 0.1) is 0 Å². The van der Waals surface area contributed by atoms with Crippen LogP contribution in [0.1, 0.15) is 6.92 Å². The van der Waals surface area contributed by atoms with Gasteiger partial charge in [-0.05, 0) is 6.92 Å². The van der Waals surface area contributed by atoms with Gasteiger partial charge in [0.15, 0.2) is 0 Å². The molecule has 0 saturated carbocycles. The first-order chi connectivity index (χ1) is 6.35. The van der Waals surface area contributed by atoms with E-state index in [9.17, 15) is 39.5 Å². The lowest BCUT2D eigenvalue weighted by molar-refractivity contribution is -0.288. The van der Waals surface area contributed by atoms with Crippen LogP contribution < -0.4 is 0 Å². The van der Waals surface area contributed by atoms with Crippen molar-refractivity contribution in [1.82, 2.24) is 0 Å². The average Bonchev–Trinajstić information content (AvgIpc) is 2.00. The van der Waals surface area contributed by atoms with Gasteiger partial charge in [-0.2, -0.15) is 35.1 Å². The molecular weight excluding hydrogens is 243 g/mol. The first kappa shape index (κ1) is 14.1. The van der Waals surface area contributed by atoms with Gasteiger partial charge < -0.3 is 0 Å². The van der Waals surface area contributed by atoms with Crippen LogP contribution in [0.15, 0.2) is 11.9 Å². The molecule has 0 aromatic heterocycles. The largest absolute Gasteiger partial charge is 0.428 e. The lowest BCUT2D eigenvalue weighted by Gasteiger charge is -2.30. The normalized spacial score (nSPS) is 17.2. The zero-order chi connectivity index (χ0) is 12.7. The van der Waals surface area contributed by atoms with Crippen LogP contribution in [0.2, 0.25) is 0 Å². The molecule has 0 saturated heterocycles. The molecule has 0 N–H and O–H groups in total. The van der Waals surface area contributed by atoms with E-state index in [0.29, 0.717) is 0 Å². The molecule has 1 unspecified atom stereocenters. The van der Waals surface area contributed by atoms with E-state index in [4.69, 9.17) is 0 Å². The van der Waals surface area contributed by atoms with E-state index in [0.717, 1.165) is 0 Å². The van der Waals surface area contributed by atoms with Crippen molar-refractivity contribution in [2.45, 2.75) is 24.7 Å². The van der Waals surface area contributed by atoms with E-state index >= 15 is 0 Å². The Morgan fingerprint density at radius 1 is 0.800 bits per heavy atom. The van der Waals surface area contributed by atoms with Crippen LogP contribution in [0.4, 0.5) is 39.5 Å². The van der Waals surface area contributed by atoms with E-state index < -0.39 is 36.6 Å². The topological polar surface area (TPSA) is 0 Å². The molecule has 0 rings (SSSR count). The second kappa shape index (κ2) is 3.60. The maximum atomic E-state index is 12.5. The molecule has 0 aliphatic heterocycles. The molecule has 0 aliphatic carbocycles. The Bertz CT molecular complexity index is 267. The van der Waals surface area contributed by atoms with E-state index in [1.165, 1.54) is 0 Å². The van der Waals surface area contributed by atoms with Crippen LogP contribution in [-0.4, -0.2) is 17.8 Å². The number of hydrogen-bond acceptors (Lipinski definition) is 0. The van der Waals surface area contributed by atoms with Crippen molar-refractivity contribution < 1.29 is 39.5 Å². The van der Waals surface area contributed by atoms with Gasteiger partial charge in [0.1, 0.15) is 0 Å². The zero-order valence-electron chi connectivity index (χ0n) is 6.90. The summed E-state index contributed by atoms with van der Waals surface area (Å²) in [7, 11) is 0. The lowest BCUT2D eigenvalue weighted by atomic mass is 9.98. The SMILES string of the molecule is CC(F)(C(F)(F)F)C(F)(F)C(F)=C(F)F. The minimum absolute atomic E-state index is 0.727. The average molecular weight is 246 g/mol. The first-order valence-corrected chi connectivity index (χ1v) is 3.20. The summed E-state index contributed by atoms with van der Waals surface area (Å²) in [6.45, 7) is -0.727. The summed E-state index contributed by atoms with van der Waals surface area (Å²) in [6, 6.07) is 0. The fourth-order valence-corrected chi connectivity index (χ4v) is 0.503. The second-order valence-electron chi connectivity index (χ2n) is 2.65. The number of halogens is 9. The highest BCUT2D eigenvalue weighted by Crippen LogP contribution is 2.49. The van der Waals surface area contributed by atoms with Gasteiger partial charge in [-0.15, -0.1) is 0 Å². The molecule has 1 atom stereocenters. The van der Waals surface area contributed by atoms with Gasteiger partial charge in [-0.3, -0.25) is 0 Å². The minimum atomic E-state index is -6.18. The van der Waals surface area contributed by atoms with Gasteiger partial charge in [0, 0.05) is 0 Å². The monoisotopic (exact) mass is 246 g/mol. The standard InChI is InChI=1S/C6H3F9/c1-4(10,6(13,14)15)5(11,12)2(7)3(8)9/h1H3. The van der Waals surface area contributed by atoms with E-state index in [-0.39, 0.29) is 0 Å². The van der Waals surface area contributed by atoms with Crippen molar-refractivity contribution in [2.24, 2.45) is 0 Å². The molecule has 0 amide bonds. The maximum Gasteiger partial charge on any atom is 0.428 e. The second-order valence-corrected chi connectivity index (χ2v) is 2.65. The molecule has 0 fully saturated rings. The first-order valence-electron chi connectivity index (χ1n) is 3.20. The molecule has 0 aliphatic rings. The van der Waals surface area contributed by atoms with Gasteiger partial charge in [0.2, 0.25) is 5.83 Å². The summed E-state index contributed by atoms with van der Waals surface area (Å²) in [5, 5.41) is 0. The van der Waals surface area contributed by atoms with E-state index in [1.54, 1.807) is 0 Å². The van der Waals surface area contributed by atoms with Crippen molar-refractivity contribution in [3.63, 3.8) is 0 Å². The summed E-state index contributed by atoms with van der Waals surface area (Å²) >= 11 is 0. The predicted octanol–water partition coefficient (Wildman–Crippen LogP) is 3.99. The van der Waals surface area contributed by atoms with Crippen molar-refractivity contribution in [3.8, 4) is 0 Å². The fraction of sp³-hybridized carbons (Fsp3) is 0.667. The number of hydrogen-bond donors (Lipinski definition) is 0. The lowest BCUT2D eigenvalue weighted by Crippen LogP contribution is -2.53. The molecular formula is C6H3F9. The highest BCUT2D eigenvalue weighted by atomic mass is 19.4. The third kappa shape index (κ3) is 2.20. The predicted molar refractivity (Wildman–Crippen MR) is 30.9 cm³/mol. The molecule has 0 radical (unpaired) electrons. The van der Waals surface area contributed by atoms with E-state index in [2.05, 4.69) is 0 Å². The highest BCUT2D eigenvalue weighted by Gasteiger charge is 2.71. The Hall–Kier alpha value is -0.890. The molecule has 0 aromatic rings. The van der Waals surface area contributed by atoms with Gasteiger partial charge in [0.25, 0.3) is 5.67 Å².